The number of halogens is 6. The second-order valence-electron chi connectivity index (χ2n) is 6.09. The van der Waals surface area contributed by atoms with E-state index in [0.717, 1.165) is 11.6 Å². The molecule has 0 fully saturated rings. The Morgan fingerprint density at radius 2 is 1.64 bits per heavy atom. The molecule has 1 unspecified atom stereocenters. The van der Waals surface area contributed by atoms with Crippen molar-refractivity contribution in [3.63, 3.8) is 0 Å². The Morgan fingerprint density at radius 3 is 2.28 bits per heavy atom. The number of nitrogens with one attached hydrogen (secondary N) is 1. The predicted octanol–water partition coefficient (Wildman–Crippen LogP) is 5.27. The van der Waals surface area contributed by atoms with Crippen LogP contribution in [-0.4, -0.2) is 6.54 Å². The van der Waals surface area contributed by atoms with Crippen molar-refractivity contribution < 1.29 is 26.3 Å². The zero-order valence-electron chi connectivity index (χ0n) is 13.2. The standard InChI is InChI=1S/C18H15F6N/c1-10-8-12(17(19,20)21)9-14(18(22,23)24)15(10)16-13-5-3-2-4-11(13)6-7-25-16/h2-5,8-9,16,25H,6-7H2,1H3. The van der Waals surface area contributed by atoms with Crippen molar-refractivity contribution in [2.45, 2.75) is 31.7 Å². The summed E-state index contributed by atoms with van der Waals surface area (Å²) in [4.78, 5) is 0. The quantitative estimate of drug-likeness (QED) is 0.684. The molecule has 25 heavy (non-hydrogen) atoms. The highest BCUT2D eigenvalue weighted by Gasteiger charge is 2.41. The third-order valence-corrected chi connectivity index (χ3v) is 4.42. The van der Waals surface area contributed by atoms with Crippen LogP contribution >= 0.6 is 0 Å². The van der Waals surface area contributed by atoms with Gasteiger partial charge in [-0.3, -0.25) is 0 Å². The zero-order valence-corrected chi connectivity index (χ0v) is 13.2. The summed E-state index contributed by atoms with van der Waals surface area (Å²) in [6, 6.07) is 7.25. The smallest absolute Gasteiger partial charge is 0.306 e. The number of fused-ring (bicyclic) bond motifs is 1. The van der Waals surface area contributed by atoms with E-state index in [1.807, 2.05) is 6.07 Å². The van der Waals surface area contributed by atoms with Crippen LogP contribution in [0.25, 0.3) is 0 Å². The van der Waals surface area contributed by atoms with E-state index in [1.54, 1.807) is 18.2 Å². The molecule has 0 spiro atoms. The van der Waals surface area contributed by atoms with Gasteiger partial charge >= 0.3 is 12.4 Å². The van der Waals surface area contributed by atoms with Gasteiger partial charge in [0.25, 0.3) is 0 Å². The average Bonchev–Trinajstić information content (AvgIpc) is 2.52. The van der Waals surface area contributed by atoms with Crippen molar-refractivity contribution in [2.24, 2.45) is 0 Å². The Kier molecular flexibility index (Phi) is 4.31. The lowest BCUT2D eigenvalue weighted by molar-refractivity contribution is -0.143. The van der Waals surface area contributed by atoms with Crippen molar-refractivity contribution in [2.75, 3.05) is 6.54 Å². The van der Waals surface area contributed by atoms with Crippen molar-refractivity contribution in [1.82, 2.24) is 5.32 Å². The molecule has 1 aliphatic heterocycles. The van der Waals surface area contributed by atoms with Crippen molar-refractivity contribution >= 4 is 0 Å². The molecule has 0 radical (unpaired) electrons. The van der Waals surface area contributed by atoms with Gasteiger partial charge in [-0.1, -0.05) is 24.3 Å². The van der Waals surface area contributed by atoms with Gasteiger partial charge in [0.2, 0.25) is 0 Å². The Labute approximate surface area is 140 Å². The number of hydrogen-bond donors (Lipinski definition) is 1. The molecule has 2 aromatic carbocycles. The summed E-state index contributed by atoms with van der Waals surface area (Å²) >= 11 is 0. The monoisotopic (exact) mass is 359 g/mol. The first-order valence-electron chi connectivity index (χ1n) is 7.69. The summed E-state index contributed by atoms with van der Waals surface area (Å²) in [6.45, 7) is 1.75. The number of rotatable bonds is 1. The lowest BCUT2D eigenvalue weighted by Gasteiger charge is -2.31. The fourth-order valence-electron chi connectivity index (χ4n) is 3.34. The van der Waals surface area contributed by atoms with Crippen LogP contribution in [0.3, 0.4) is 0 Å². The molecule has 0 saturated heterocycles. The van der Waals surface area contributed by atoms with Crippen LogP contribution in [0.5, 0.6) is 0 Å². The molecule has 0 saturated carbocycles. The van der Waals surface area contributed by atoms with Gasteiger partial charge < -0.3 is 5.32 Å². The van der Waals surface area contributed by atoms with Crippen LogP contribution < -0.4 is 5.32 Å². The molecule has 1 nitrogen and oxygen atoms in total. The van der Waals surface area contributed by atoms with Crippen LogP contribution in [0.4, 0.5) is 26.3 Å². The van der Waals surface area contributed by atoms with E-state index in [9.17, 15) is 26.3 Å². The third kappa shape index (κ3) is 3.38. The molecule has 0 amide bonds. The Hall–Kier alpha value is -2.02. The Balaban J connectivity index is 2.24. The minimum absolute atomic E-state index is 0.0312. The molecule has 0 aliphatic carbocycles. The van der Waals surface area contributed by atoms with Gasteiger partial charge in [-0.25, -0.2) is 0 Å². The highest BCUT2D eigenvalue weighted by molar-refractivity contribution is 5.49. The van der Waals surface area contributed by atoms with Gasteiger partial charge in [-0.2, -0.15) is 26.3 Å². The highest BCUT2D eigenvalue weighted by Crippen LogP contribution is 2.43. The largest absolute Gasteiger partial charge is 0.416 e. The molecule has 1 aliphatic rings. The minimum atomic E-state index is -4.88. The number of hydrogen-bond acceptors (Lipinski definition) is 1. The van der Waals surface area contributed by atoms with Crippen LogP contribution in [0.2, 0.25) is 0 Å². The summed E-state index contributed by atoms with van der Waals surface area (Å²) in [5.74, 6) is 0. The Morgan fingerprint density at radius 1 is 0.960 bits per heavy atom. The minimum Gasteiger partial charge on any atom is -0.306 e. The van der Waals surface area contributed by atoms with E-state index in [0.29, 0.717) is 18.5 Å². The number of benzene rings is 2. The molecule has 0 aromatic heterocycles. The maximum atomic E-state index is 13.5. The van der Waals surface area contributed by atoms with Gasteiger partial charge in [0.15, 0.2) is 0 Å². The topological polar surface area (TPSA) is 12.0 Å². The lowest BCUT2D eigenvalue weighted by Crippen LogP contribution is -2.33. The molecule has 7 heteroatoms. The van der Waals surface area contributed by atoms with Crippen molar-refractivity contribution in [3.05, 3.63) is 69.8 Å². The first kappa shape index (κ1) is 17.8. The summed E-state index contributed by atoms with van der Waals surface area (Å²) in [6.07, 6.45) is -9.05. The molecule has 1 N–H and O–H groups in total. The van der Waals surface area contributed by atoms with Gasteiger partial charge in [0.1, 0.15) is 0 Å². The van der Waals surface area contributed by atoms with Gasteiger partial charge in [-0.05, 0) is 47.7 Å². The third-order valence-electron chi connectivity index (χ3n) is 4.42. The molecule has 0 bridgehead atoms. The van der Waals surface area contributed by atoms with Crippen LogP contribution in [-0.2, 0) is 18.8 Å². The number of alkyl halides is 6. The van der Waals surface area contributed by atoms with Crippen LogP contribution in [0.1, 0.15) is 39.4 Å². The van der Waals surface area contributed by atoms with Crippen molar-refractivity contribution in [1.29, 1.82) is 0 Å². The van der Waals surface area contributed by atoms with E-state index < -0.39 is 29.5 Å². The summed E-state index contributed by atoms with van der Waals surface area (Å²) in [5.41, 5.74) is -1.14. The van der Waals surface area contributed by atoms with Crippen LogP contribution in [0.15, 0.2) is 36.4 Å². The van der Waals surface area contributed by atoms with E-state index in [2.05, 4.69) is 5.32 Å². The maximum Gasteiger partial charge on any atom is 0.416 e. The molecular formula is C18H15F6N. The molecule has 1 heterocycles. The van der Waals surface area contributed by atoms with Crippen molar-refractivity contribution in [3.8, 4) is 0 Å². The molecule has 2 aromatic rings. The number of aryl methyl sites for hydroxylation is 1. The molecule has 134 valence electrons. The van der Waals surface area contributed by atoms with Crippen LogP contribution in [0, 0.1) is 6.92 Å². The predicted molar refractivity (Wildman–Crippen MR) is 81.2 cm³/mol. The Bertz CT molecular complexity index is 791. The molecule has 3 rings (SSSR count). The first-order valence-corrected chi connectivity index (χ1v) is 7.69. The summed E-state index contributed by atoms with van der Waals surface area (Å²) in [5, 5.41) is 3.02. The fraction of sp³-hybridized carbons (Fsp3) is 0.333. The SMILES string of the molecule is Cc1cc(C(F)(F)F)cc(C(F)(F)F)c1C1NCCc2ccccc21. The van der Waals surface area contributed by atoms with Gasteiger partial charge in [0.05, 0.1) is 17.2 Å². The van der Waals surface area contributed by atoms with Gasteiger partial charge in [-0.15, -0.1) is 0 Å². The zero-order chi connectivity index (χ0) is 18.4. The summed E-state index contributed by atoms with van der Waals surface area (Å²) < 4.78 is 79.5. The molecular weight excluding hydrogens is 344 g/mol. The first-order chi connectivity index (χ1) is 11.6. The summed E-state index contributed by atoms with van der Waals surface area (Å²) in [7, 11) is 0. The normalized spacial score (nSPS) is 18.1. The fourth-order valence-corrected chi connectivity index (χ4v) is 3.34. The lowest BCUT2D eigenvalue weighted by atomic mass is 9.84. The van der Waals surface area contributed by atoms with E-state index in [4.69, 9.17) is 0 Å². The molecule has 1 atom stereocenters. The maximum absolute atomic E-state index is 13.5. The average molecular weight is 359 g/mol. The van der Waals surface area contributed by atoms with E-state index >= 15 is 0 Å². The highest BCUT2D eigenvalue weighted by atomic mass is 19.4. The van der Waals surface area contributed by atoms with E-state index in [-0.39, 0.29) is 17.2 Å². The second-order valence-corrected chi connectivity index (χ2v) is 6.09. The van der Waals surface area contributed by atoms with Gasteiger partial charge in [0, 0.05) is 6.54 Å². The van der Waals surface area contributed by atoms with E-state index in [1.165, 1.54) is 6.92 Å². The second kappa shape index (κ2) is 6.05.